The first kappa shape index (κ1) is 40.2. The van der Waals surface area contributed by atoms with E-state index >= 15 is 0 Å². The van der Waals surface area contributed by atoms with Crippen molar-refractivity contribution < 1.29 is 18.4 Å². The van der Waals surface area contributed by atoms with Gasteiger partial charge in [-0.15, -0.1) is 22.7 Å². The Hall–Kier alpha value is -1.78. The van der Waals surface area contributed by atoms with Crippen molar-refractivity contribution in [3.8, 4) is 11.3 Å². The largest absolute Gasteiger partial charge is 0.494 e. The number of benzene rings is 2. The van der Waals surface area contributed by atoms with E-state index in [1.165, 1.54) is 0 Å². The number of anilines is 2. The number of aromatic nitrogens is 2. The number of thiazole rings is 2. The predicted octanol–water partition coefficient (Wildman–Crippen LogP) is 7.63. The van der Waals surface area contributed by atoms with E-state index in [1.54, 1.807) is 72.5 Å². The van der Waals surface area contributed by atoms with E-state index < -0.39 is 21.4 Å². The van der Waals surface area contributed by atoms with Gasteiger partial charge < -0.3 is 29.9 Å². The van der Waals surface area contributed by atoms with Crippen LogP contribution >= 0.6 is 52.9 Å². The van der Waals surface area contributed by atoms with Crippen LogP contribution in [0.15, 0.2) is 62.8 Å². The summed E-state index contributed by atoms with van der Waals surface area (Å²) in [5.74, 6) is 0. The average Bonchev–Trinajstić information content (AvgIpc) is 3.61. The molecule has 4 N–H and O–H groups in total. The van der Waals surface area contributed by atoms with Gasteiger partial charge in [0.1, 0.15) is 18.9 Å². The van der Waals surface area contributed by atoms with Crippen LogP contribution in [0.3, 0.4) is 0 Å². The Morgan fingerprint density at radius 3 is 1.66 bits per heavy atom. The van der Waals surface area contributed by atoms with Crippen molar-refractivity contribution in [3.05, 3.63) is 62.8 Å². The molecule has 1 saturated heterocycles. The second-order valence-corrected chi connectivity index (χ2v) is 20.2. The van der Waals surface area contributed by atoms with Gasteiger partial charge in [0.05, 0.1) is 27.9 Å². The first-order chi connectivity index (χ1) is 19.3. The van der Waals surface area contributed by atoms with E-state index in [0.717, 1.165) is 26.6 Å². The number of nitrogens with two attached hydrogens (primary N) is 2. The third kappa shape index (κ3) is 10.4. The molecule has 0 aliphatic carbocycles. The zero-order chi connectivity index (χ0) is 31.5. The summed E-state index contributed by atoms with van der Waals surface area (Å²) in [6, 6.07) is 11.1. The summed E-state index contributed by atoms with van der Waals surface area (Å²) >= 11 is 6.30. The lowest BCUT2D eigenvalue weighted by Gasteiger charge is -2.32. The Bertz CT molecular complexity index is 1570. The molecule has 0 unspecified atom stereocenters. The third-order valence-corrected chi connectivity index (χ3v) is 11.9. The summed E-state index contributed by atoms with van der Waals surface area (Å²) in [6.07, 6.45) is 0. The standard InChI is InChI=1S/C14H23BNO3P.C11H13N2OPS.C3H2BrNS.2CH4/c1-13(2)14(3,4)19-15(18-13)10-7-8-11(16)12(9-10)20(5,6)17;1-15(2,14)11-5-8(3-4-9(11)12)10-6-16-7-13-10;4-3-1-6-2-5-3;;/h7-9H,16H2,1-6H3;3-7H,12H2,1-2H3;1-2H;2*1H4. The molecule has 5 rings (SSSR count). The summed E-state index contributed by atoms with van der Waals surface area (Å²) in [5, 5.41) is 5.31. The summed E-state index contributed by atoms with van der Waals surface area (Å²) in [6.45, 7) is 14.9. The van der Waals surface area contributed by atoms with Gasteiger partial charge in [-0.2, -0.15) is 0 Å². The summed E-state index contributed by atoms with van der Waals surface area (Å²) in [4.78, 5) is 8.08. The highest BCUT2D eigenvalue weighted by molar-refractivity contribution is 9.10. The van der Waals surface area contributed by atoms with Crippen LogP contribution < -0.4 is 27.5 Å². The van der Waals surface area contributed by atoms with Crippen molar-refractivity contribution in [3.63, 3.8) is 0 Å². The van der Waals surface area contributed by atoms with Crippen molar-refractivity contribution in [2.45, 2.75) is 53.8 Å². The summed E-state index contributed by atoms with van der Waals surface area (Å²) < 4.78 is 37.3. The number of nitrogen functional groups attached to an aromatic ring is 2. The SMILES string of the molecule is Brc1cscn1.C.C.CC1(C)OB(c2ccc(N)c(P(C)(C)=O)c2)OC1(C)C.CP(C)(=O)c1cc(-c2cscn2)ccc1N. The quantitative estimate of drug-likeness (QED) is 0.124. The van der Waals surface area contributed by atoms with Gasteiger partial charge in [0.2, 0.25) is 0 Å². The van der Waals surface area contributed by atoms with Crippen LogP contribution in [-0.4, -0.2) is 54.9 Å². The van der Waals surface area contributed by atoms with E-state index in [1.807, 2.05) is 62.7 Å². The van der Waals surface area contributed by atoms with E-state index in [2.05, 4.69) is 25.9 Å². The Morgan fingerprint density at radius 1 is 0.773 bits per heavy atom. The van der Waals surface area contributed by atoms with E-state index in [4.69, 9.17) is 20.8 Å². The van der Waals surface area contributed by atoms with Crippen LogP contribution in [0.4, 0.5) is 11.4 Å². The molecule has 0 radical (unpaired) electrons. The molecule has 1 aliphatic rings. The van der Waals surface area contributed by atoms with E-state index in [9.17, 15) is 9.13 Å². The smallest absolute Gasteiger partial charge is 0.399 e. The van der Waals surface area contributed by atoms with Gasteiger partial charge in [-0.3, -0.25) is 0 Å². The molecular formula is C30H46BBrN4O4P2S2. The molecule has 0 bridgehead atoms. The van der Waals surface area contributed by atoms with Crippen LogP contribution in [-0.2, 0) is 18.4 Å². The lowest BCUT2D eigenvalue weighted by Crippen LogP contribution is -2.41. The van der Waals surface area contributed by atoms with Gasteiger partial charge in [-0.25, -0.2) is 9.97 Å². The first-order valence-corrected chi connectivity index (χ1v) is 20.9. The fourth-order valence-electron chi connectivity index (χ4n) is 3.88. The van der Waals surface area contributed by atoms with Crippen molar-refractivity contribution in [1.29, 1.82) is 0 Å². The van der Waals surface area contributed by atoms with Crippen molar-refractivity contribution in [2.24, 2.45) is 0 Å². The number of rotatable bonds is 4. The molecule has 8 nitrogen and oxygen atoms in total. The Labute approximate surface area is 280 Å². The maximum Gasteiger partial charge on any atom is 0.494 e. The molecule has 1 fully saturated rings. The fraction of sp³-hybridized carbons (Fsp3) is 0.400. The maximum absolute atomic E-state index is 12.3. The Morgan fingerprint density at radius 2 is 1.25 bits per heavy atom. The van der Waals surface area contributed by atoms with Crippen LogP contribution in [0.1, 0.15) is 42.5 Å². The molecule has 2 aromatic heterocycles. The molecule has 242 valence electrons. The highest BCUT2D eigenvalue weighted by Gasteiger charge is 2.51. The number of hydrogen-bond donors (Lipinski definition) is 2. The average molecular weight is 744 g/mol. The topological polar surface area (TPSA) is 130 Å². The van der Waals surface area contributed by atoms with Crippen molar-refractivity contribution in [1.82, 2.24) is 9.97 Å². The van der Waals surface area contributed by atoms with Crippen molar-refractivity contribution in [2.75, 3.05) is 38.1 Å². The molecule has 0 amide bonds. The summed E-state index contributed by atoms with van der Waals surface area (Å²) in [5.41, 5.74) is 18.4. The number of halogens is 1. The van der Waals surface area contributed by atoms with Gasteiger partial charge >= 0.3 is 7.12 Å². The van der Waals surface area contributed by atoms with Crippen LogP contribution in [0.25, 0.3) is 11.3 Å². The van der Waals surface area contributed by atoms with E-state index in [-0.39, 0.29) is 26.1 Å². The van der Waals surface area contributed by atoms with Gasteiger partial charge in [-0.1, -0.05) is 27.0 Å². The third-order valence-electron chi connectivity index (χ3n) is 6.90. The molecule has 1 aliphatic heterocycles. The highest BCUT2D eigenvalue weighted by Crippen LogP contribution is 2.39. The van der Waals surface area contributed by atoms with Crippen LogP contribution in [0.2, 0.25) is 0 Å². The van der Waals surface area contributed by atoms with Crippen molar-refractivity contribution >= 4 is 87.5 Å². The minimum Gasteiger partial charge on any atom is -0.399 e. The minimum absolute atomic E-state index is 0. The molecule has 2 aromatic carbocycles. The Kier molecular flexibility index (Phi) is 14.3. The van der Waals surface area contributed by atoms with Gasteiger partial charge in [0.25, 0.3) is 0 Å². The molecule has 0 saturated carbocycles. The lowest BCUT2D eigenvalue weighted by molar-refractivity contribution is 0.00578. The molecule has 44 heavy (non-hydrogen) atoms. The highest BCUT2D eigenvalue weighted by atomic mass is 79.9. The maximum atomic E-state index is 12.3. The van der Waals surface area contributed by atoms with Crippen LogP contribution in [0, 0.1) is 0 Å². The molecule has 4 aromatic rings. The zero-order valence-electron chi connectivity index (χ0n) is 25.1. The fourth-order valence-corrected chi connectivity index (χ4v) is 7.71. The molecule has 0 spiro atoms. The molecule has 3 heterocycles. The van der Waals surface area contributed by atoms with Gasteiger partial charge in [0.15, 0.2) is 0 Å². The number of nitrogens with zero attached hydrogens (tertiary/aromatic N) is 2. The molecule has 14 heteroatoms. The second-order valence-electron chi connectivity index (χ2n) is 11.6. The monoisotopic (exact) mass is 742 g/mol. The normalized spacial score (nSPS) is 15.1. The van der Waals surface area contributed by atoms with E-state index in [0.29, 0.717) is 16.7 Å². The zero-order valence-corrected chi connectivity index (χ0v) is 30.1. The minimum atomic E-state index is -2.42. The first-order valence-electron chi connectivity index (χ1n) is 13.0. The lowest BCUT2D eigenvalue weighted by atomic mass is 9.79. The molecular weight excluding hydrogens is 697 g/mol. The predicted molar refractivity (Wildman–Crippen MR) is 200 cm³/mol. The van der Waals surface area contributed by atoms with Gasteiger partial charge in [-0.05, 0) is 100 Å². The summed E-state index contributed by atoms with van der Waals surface area (Å²) in [7, 11) is -5.21. The van der Waals surface area contributed by atoms with Crippen LogP contribution in [0.5, 0.6) is 0 Å². The Balaban J connectivity index is 0.000000361. The van der Waals surface area contributed by atoms with Gasteiger partial charge in [0, 0.05) is 38.3 Å². The number of hydrogen-bond acceptors (Lipinski definition) is 10. The second kappa shape index (κ2) is 15.7. The molecule has 0 atom stereocenters.